The second-order valence-electron chi connectivity index (χ2n) is 6.76. The number of hydrogen-bond acceptors (Lipinski definition) is 5. The molecule has 0 unspecified atom stereocenters. The van der Waals surface area contributed by atoms with Crippen LogP contribution in [0.1, 0.15) is 28.0 Å². The molecule has 1 amide bonds. The minimum absolute atomic E-state index is 0.0566. The molecule has 3 rings (SSSR count). The van der Waals surface area contributed by atoms with Gasteiger partial charge in [0.25, 0.3) is 5.91 Å². The predicted molar refractivity (Wildman–Crippen MR) is 106 cm³/mol. The van der Waals surface area contributed by atoms with E-state index in [-0.39, 0.29) is 11.4 Å². The third kappa shape index (κ3) is 3.50. The van der Waals surface area contributed by atoms with E-state index in [9.17, 15) is 9.90 Å². The first-order valence-corrected chi connectivity index (χ1v) is 8.55. The van der Waals surface area contributed by atoms with Crippen LogP contribution in [-0.2, 0) is 0 Å². The quantitative estimate of drug-likeness (QED) is 0.705. The van der Waals surface area contributed by atoms with E-state index in [1.165, 1.54) is 0 Å². The van der Waals surface area contributed by atoms with Gasteiger partial charge in [0.2, 0.25) is 0 Å². The number of aryl methyl sites for hydroxylation is 1. The Balaban J connectivity index is 1.98. The molecule has 6 heteroatoms. The van der Waals surface area contributed by atoms with Crippen LogP contribution in [-0.4, -0.2) is 40.1 Å². The third-order valence-corrected chi connectivity index (χ3v) is 4.82. The molecule has 0 saturated carbocycles. The molecule has 1 aliphatic heterocycles. The van der Waals surface area contributed by atoms with Crippen molar-refractivity contribution >= 4 is 11.6 Å². The highest BCUT2D eigenvalue weighted by atomic mass is 16.3. The number of carbonyl (C=O) groups is 1. The Morgan fingerprint density at radius 1 is 1.41 bits per heavy atom. The van der Waals surface area contributed by atoms with Crippen molar-refractivity contribution in [3.63, 3.8) is 0 Å². The second kappa shape index (κ2) is 6.78. The molecule has 27 heavy (non-hydrogen) atoms. The molecule has 0 aliphatic carbocycles. The maximum Gasteiger partial charge on any atom is 0.269 e. The molecule has 2 heterocycles. The summed E-state index contributed by atoms with van der Waals surface area (Å²) in [5, 5.41) is 10.6. The molecule has 0 radical (unpaired) electrons. The van der Waals surface area contributed by atoms with Crippen LogP contribution in [0.3, 0.4) is 0 Å². The lowest BCUT2D eigenvalue weighted by atomic mass is 10.00. The van der Waals surface area contributed by atoms with Crippen LogP contribution in [0.25, 0.3) is 11.3 Å². The van der Waals surface area contributed by atoms with Gasteiger partial charge in [-0.25, -0.2) is 4.98 Å². The molecule has 5 N–H and O–H groups in total. The summed E-state index contributed by atoms with van der Waals surface area (Å²) < 4.78 is 0. The normalized spacial score (nSPS) is 18.9. The minimum atomic E-state index is -1.21. The van der Waals surface area contributed by atoms with E-state index in [2.05, 4.69) is 23.4 Å². The topological polar surface area (TPSA) is 105 Å². The van der Waals surface area contributed by atoms with E-state index >= 15 is 0 Å². The molecular weight excluding hydrogens is 340 g/mol. The molecule has 6 nitrogen and oxygen atoms in total. The number of rotatable bonds is 2. The van der Waals surface area contributed by atoms with Gasteiger partial charge in [-0.05, 0) is 30.7 Å². The molecule has 1 atom stereocenters. The summed E-state index contributed by atoms with van der Waals surface area (Å²) in [5.41, 5.74) is 13.8. The fraction of sp³-hybridized carbons (Fsp3) is 0.238. The number of carbonyl (C=O) groups excluding carboxylic acids is 1. The van der Waals surface area contributed by atoms with Crippen molar-refractivity contribution in [3.8, 4) is 23.1 Å². The Morgan fingerprint density at radius 3 is 2.78 bits per heavy atom. The summed E-state index contributed by atoms with van der Waals surface area (Å²) in [6.07, 6.45) is 0.524. The van der Waals surface area contributed by atoms with E-state index in [0.717, 1.165) is 16.7 Å². The van der Waals surface area contributed by atoms with Crippen molar-refractivity contribution in [3.05, 3.63) is 59.4 Å². The van der Waals surface area contributed by atoms with Gasteiger partial charge in [-0.2, -0.15) is 0 Å². The number of primary amides is 1. The maximum atomic E-state index is 11.6. The fourth-order valence-electron chi connectivity index (χ4n) is 3.01. The number of amides is 1. The highest BCUT2D eigenvalue weighted by molar-refractivity contribution is 5.97. The van der Waals surface area contributed by atoms with Crippen molar-refractivity contribution in [2.24, 2.45) is 5.73 Å². The number of anilines is 1. The lowest BCUT2D eigenvalue weighted by Crippen LogP contribution is -2.26. The molecule has 1 aliphatic rings. The summed E-state index contributed by atoms with van der Waals surface area (Å²) in [5.74, 6) is 5.29. The van der Waals surface area contributed by atoms with Gasteiger partial charge in [0, 0.05) is 31.1 Å². The Bertz CT molecular complexity index is 1000. The monoisotopic (exact) mass is 362 g/mol. The highest BCUT2D eigenvalue weighted by Gasteiger charge is 2.36. The van der Waals surface area contributed by atoms with Crippen molar-refractivity contribution in [2.75, 3.05) is 19.3 Å². The van der Waals surface area contributed by atoms with Crippen molar-refractivity contribution in [2.45, 2.75) is 18.9 Å². The standard InChI is InChI=1S/C21H22N4O2/c1-13-11-17(24-19(18(13)22)20(23)26)16-6-4-5-15(12-16)7-8-21(27)9-10-25(3)14(21)2/h4-6,11-12,27H,2,9-10,22H2,1,3H3,(H2,23,26)/t21-/m0/s1. The van der Waals surface area contributed by atoms with E-state index in [1.807, 2.05) is 36.2 Å². The molecule has 0 spiro atoms. The number of nitrogen functional groups attached to an aromatic ring is 1. The Kier molecular flexibility index (Phi) is 4.64. The Labute approximate surface area is 158 Å². The summed E-state index contributed by atoms with van der Waals surface area (Å²) in [6.45, 7) is 6.43. The van der Waals surface area contributed by atoms with Gasteiger partial charge in [0.15, 0.2) is 11.3 Å². The van der Waals surface area contributed by atoms with E-state index in [1.54, 1.807) is 13.0 Å². The molecule has 1 aromatic carbocycles. The van der Waals surface area contributed by atoms with Gasteiger partial charge in [0.05, 0.1) is 17.1 Å². The zero-order valence-corrected chi connectivity index (χ0v) is 15.4. The zero-order chi connectivity index (χ0) is 19.8. The molecule has 138 valence electrons. The van der Waals surface area contributed by atoms with Crippen LogP contribution in [0.2, 0.25) is 0 Å². The van der Waals surface area contributed by atoms with E-state index < -0.39 is 11.5 Å². The largest absolute Gasteiger partial charge is 0.397 e. The van der Waals surface area contributed by atoms with Gasteiger partial charge < -0.3 is 21.5 Å². The van der Waals surface area contributed by atoms with Gasteiger partial charge in [-0.3, -0.25) is 4.79 Å². The van der Waals surface area contributed by atoms with Crippen LogP contribution in [0.5, 0.6) is 0 Å². The number of benzene rings is 1. The number of nitrogens with two attached hydrogens (primary N) is 2. The Morgan fingerprint density at radius 2 is 2.15 bits per heavy atom. The van der Waals surface area contributed by atoms with Gasteiger partial charge in [-0.15, -0.1) is 0 Å². The number of aromatic nitrogens is 1. The molecule has 2 aromatic rings. The summed E-state index contributed by atoms with van der Waals surface area (Å²) >= 11 is 0. The first-order valence-electron chi connectivity index (χ1n) is 8.55. The fourth-order valence-corrected chi connectivity index (χ4v) is 3.01. The van der Waals surface area contributed by atoms with Crippen LogP contribution < -0.4 is 11.5 Å². The molecular formula is C21H22N4O2. The van der Waals surface area contributed by atoms with Crippen LogP contribution in [0.4, 0.5) is 5.69 Å². The highest BCUT2D eigenvalue weighted by Crippen LogP contribution is 2.29. The number of nitrogens with zero attached hydrogens (tertiary/aromatic N) is 2. The average Bonchev–Trinajstić information content (AvgIpc) is 2.90. The first-order chi connectivity index (χ1) is 12.7. The maximum absolute atomic E-state index is 11.6. The summed E-state index contributed by atoms with van der Waals surface area (Å²) in [6, 6.07) is 9.21. The zero-order valence-electron chi connectivity index (χ0n) is 15.4. The number of likely N-dealkylation sites (N-methyl/N-ethyl adjacent to an activating group) is 1. The smallest absolute Gasteiger partial charge is 0.269 e. The first kappa shape index (κ1) is 18.5. The average molecular weight is 362 g/mol. The van der Waals surface area contributed by atoms with Crippen LogP contribution in [0, 0.1) is 18.8 Å². The SMILES string of the molecule is C=C1N(C)CC[C@@]1(O)C#Cc1cccc(-c2cc(C)c(N)c(C(N)=O)n2)c1. The lowest BCUT2D eigenvalue weighted by molar-refractivity contribution is 0.0996. The number of hydrogen-bond donors (Lipinski definition) is 3. The number of likely N-dealkylation sites (tertiary alicyclic amines) is 1. The minimum Gasteiger partial charge on any atom is -0.397 e. The number of pyridine rings is 1. The molecule has 1 saturated heterocycles. The number of aliphatic hydroxyl groups is 1. The third-order valence-electron chi connectivity index (χ3n) is 4.82. The lowest BCUT2D eigenvalue weighted by Gasteiger charge is -2.19. The van der Waals surface area contributed by atoms with Gasteiger partial charge >= 0.3 is 0 Å². The molecule has 0 bridgehead atoms. The van der Waals surface area contributed by atoms with Crippen LogP contribution in [0.15, 0.2) is 42.6 Å². The second-order valence-corrected chi connectivity index (χ2v) is 6.76. The van der Waals surface area contributed by atoms with Crippen molar-refractivity contribution < 1.29 is 9.90 Å². The molecule has 1 fully saturated rings. The van der Waals surface area contributed by atoms with E-state index in [0.29, 0.717) is 24.4 Å². The van der Waals surface area contributed by atoms with Crippen molar-refractivity contribution in [1.82, 2.24) is 9.88 Å². The van der Waals surface area contributed by atoms with Crippen molar-refractivity contribution in [1.29, 1.82) is 0 Å². The van der Waals surface area contributed by atoms with E-state index in [4.69, 9.17) is 11.5 Å². The predicted octanol–water partition coefficient (Wildman–Crippen LogP) is 1.67. The van der Waals surface area contributed by atoms with Gasteiger partial charge in [0.1, 0.15) is 0 Å². The summed E-state index contributed by atoms with van der Waals surface area (Å²) in [7, 11) is 1.88. The Hall–Kier alpha value is -3.30. The van der Waals surface area contributed by atoms with Crippen LogP contribution >= 0.6 is 0 Å². The van der Waals surface area contributed by atoms with Gasteiger partial charge in [-0.1, -0.05) is 30.6 Å². The molecule has 1 aromatic heterocycles. The summed E-state index contributed by atoms with van der Waals surface area (Å²) in [4.78, 5) is 17.8.